The summed E-state index contributed by atoms with van der Waals surface area (Å²) < 4.78 is 0. The van der Waals surface area contributed by atoms with Gasteiger partial charge in [0, 0.05) is 24.7 Å². The van der Waals surface area contributed by atoms with Crippen molar-refractivity contribution in [2.75, 3.05) is 25.5 Å². The summed E-state index contributed by atoms with van der Waals surface area (Å²) >= 11 is 0. The third-order valence-corrected chi connectivity index (χ3v) is 5.31. The molecule has 8 nitrogen and oxygen atoms in total. The molecule has 0 spiro atoms. The van der Waals surface area contributed by atoms with Crippen LogP contribution >= 0.6 is 0 Å². The molecule has 0 aliphatic carbocycles. The van der Waals surface area contributed by atoms with Crippen molar-refractivity contribution in [2.24, 2.45) is 0 Å². The molecule has 2 N–H and O–H groups in total. The largest absolute Gasteiger partial charge is 0.368 e. The molecule has 0 saturated carbocycles. The molecule has 0 bridgehead atoms. The Morgan fingerprint density at radius 2 is 1.97 bits per heavy atom. The van der Waals surface area contributed by atoms with Crippen LogP contribution in [0.3, 0.4) is 0 Å². The number of benzene rings is 1. The average molecular weight is 393 g/mol. The number of carbonyl (C=O) groups excluding carboxylic acids is 2. The highest BCUT2D eigenvalue weighted by Crippen LogP contribution is 2.32. The van der Waals surface area contributed by atoms with Gasteiger partial charge in [0.05, 0.1) is 17.9 Å². The lowest BCUT2D eigenvalue weighted by molar-refractivity contribution is -0.130. The van der Waals surface area contributed by atoms with E-state index in [9.17, 15) is 14.7 Å². The minimum atomic E-state index is -1.00. The summed E-state index contributed by atoms with van der Waals surface area (Å²) in [5.41, 5.74) is 3.99. The van der Waals surface area contributed by atoms with Gasteiger partial charge >= 0.3 is 0 Å². The van der Waals surface area contributed by atoms with Gasteiger partial charge in [-0.3, -0.25) is 9.59 Å². The maximum absolute atomic E-state index is 12.5. The fourth-order valence-electron chi connectivity index (χ4n) is 3.73. The molecular formula is C21H23N5O3. The predicted octanol–water partition coefficient (Wildman–Crippen LogP) is 1.53. The number of nitrogens with zero attached hydrogens (tertiary/aromatic N) is 4. The lowest BCUT2D eigenvalue weighted by Crippen LogP contribution is -2.40. The van der Waals surface area contributed by atoms with Crippen molar-refractivity contribution in [3.05, 3.63) is 53.2 Å². The first kappa shape index (κ1) is 19.1. The van der Waals surface area contributed by atoms with Gasteiger partial charge in [0.15, 0.2) is 12.0 Å². The lowest BCUT2D eigenvalue weighted by Gasteiger charge is -2.31. The van der Waals surface area contributed by atoms with Crippen molar-refractivity contribution in [3.63, 3.8) is 0 Å². The number of aryl methyl sites for hydroxylation is 1. The van der Waals surface area contributed by atoms with E-state index in [0.717, 1.165) is 17.7 Å². The molecular weight excluding hydrogens is 370 g/mol. The second-order valence-electron chi connectivity index (χ2n) is 7.40. The maximum Gasteiger partial charge on any atom is 0.253 e. The molecule has 0 saturated heterocycles. The highest BCUT2D eigenvalue weighted by Gasteiger charge is 2.40. The van der Waals surface area contributed by atoms with E-state index in [1.165, 1.54) is 10.5 Å². The van der Waals surface area contributed by atoms with E-state index >= 15 is 0 Å². The second kappa shape index (κ2) is 7.63. The van der Waals surface area contributed by atoms with E-state index in [4.69, 9.17) is 0 Å². The fourth-order valence-corrected chi connectivity index (χ4v) is 3.73. The van der Waals surface area contributed by atoms with Crippen LogP contribution in [0.4, 0.5) is 5.82 Å². The molecule has 1 aromatic carbocycles. The van der Waals surface area contributed by atoms with Gasteiger partial charge < -0.3 is 20.2 Å². The predicted molar refractivity (Wildman–Crippen MR) is 107 cm³/mol. The van der Waals surface area contributed by atoms with Crippen LogP contribution in [0.15, 0.2) is 47.7 Å². The van der Waals surface area contributed by atoms with Gasteiger partial charge in [-0.15, -0.1) is 10.2 Å². The van der Waals surface area contributed by atoms with Crippen molar-refractivity contribution in [3.8, 4) is 11.3 Å². The number of aliphatic hydroxyl groups is 1. The summed E-state index contributed by atoms with van der Waals surface area (Å²) in [4.78, 5) is 27.8. The van der Waals surface area contributed by atoms with Gasteiger partial charge in [0.2, 0.25) is 5.91 Å². The molecule has 0 radical (unpaired) electrons. The normalized spacial score (nSPS) is 18.9. The fraction of sp³-hybridized carbons (Fsp3) is 0.333. The Morgan fingerprint density at radius 1 is 1.21 bits per heavy atom. The summed E-state index contributed by atoms with van der Waals surface area (Å²) in [6.07, 6.45) is 0.391. The first-order valence-electron chi connectivity index (χ1n) is 9.58. The van der Waals surface area contributed by atoms with E-state index in [1.807, 2.05) is 37.3 Å². The van der Waals surface area contributed by atoms with E-state index in [2.05, 4.69) is 15.5 Å². The molecule has 1 aromatic heterocycles. The van der Waals surface area contributed by atoms with Gasteiger partial charge in [-0.25, -0.2) is 0 Å². The molecule has 1 unspecified atom stereocenters. The van der Waals surface area contributed by atoms with Crippen LogP contribution in [0.2, 0.25) is 0 Å². The second-order valence-corrected chi connectivity index (χ2v) is 7.40. The Balaban J connectivity index is 1.42. The zero-order valence-electron chi connectivity index (χ0n) is 16.4. The van der Waals surface area contributed by atoms with E-state index in [1.54, 1.807) is 18.0 Å². The van der Waals surface area contributed by atoms with Crippen LogP contribution in [0, 0.1) is 6.92 Å². The Morgan fingerprint density at radius 3 is 2.66 bits per heavy atom. The number of hydrogen-bond acceptors (Lipinski definition) is 6. The molecule has 2 aliphatic rings. The van der Waals surface area contributed by atoms with E-state index in [0.29, 0.717) is 30.1 Å². The number of rotatable bonds is 4. The first-order chi connectivity index (χ1) is 13.9. The number of anilines is 1. The number of aliphatic hydroxyl groups excluding tert-OH is 1. The molecule has 8 heteroatoms. The van der Waals surface area contributed by atoms with Crippen LogP contribution in [0.25, 0.3) is 11.3 Å². The van der Waals surface area contributed by atoms with E-state index in [-0.39, 0.29) is 18.4 Å². The van der Waals surface area contributed by atoms with Crippen LogP contribution < -0.4 is 5.32 Å². The zero-order chi connectivity index (χ0) is 20.5. The molecule has 0 fully saturated rings. The number of carbonyl (C=O) groups is 2. The van der Waals surface area contributed by atoms with Crippen LogP contribution in [0.5, 0.6) is 0 Å². The molecule has 2 amide bonds. The van der Waals surface area contributed by atoms with Gasteiger partial charge in [0.1, 0.15) is 0 Å². The number of aromatic nitrogens is 2. The molecule has 29 heavy (non-hydrogen) atoms. The highest BCUT2D eigenvalue weighted by molar-refractivity contribution is 5.98. The summed E-state index contributed by atoms with van der Waals surface area (Å²) in [5, 5.41) is 21.4. The summed E-state index contributed by atoms with van der Waals surface area (Å²) in [7, 11) is 1.56. The third kappa shape index (κ3) is 3.71. The zero-order valence-corrected chi connectivity index (χ0v) is 16.4. The van der Waals surface area contributed by atoms with E-state index < -0.39 is 6.23 Å². The summed E-state index contributed by atoms with van der Waals surface area (Å²) in [6, 6.07) is 11.5. The maximum atomic E-state index is 12.5. The van der Waals surface area contributed by atoms with Crippen molar-refractivity contribution < 1.29 is 14.7 Å². The number of amides is 2. The lowest BCUT2D eigenvalue weighted by atomic mass is 10.0. The van der Waals surface area contributed by atoms with Gasteiger partial charge in [0.25, 0.3) is 5.91 Å². The molecule has 150 valence electrons. The standard InChI is InChI=1S/C21H23N5O3/c1-13-5-7-14(8-6-13)16-9-10-17(24-23-16)22-18(27)12-26-11-3-4-15-19(26)21(29)25(2)20(15)28/h5-10,21,29H,3-4,11-12H2,1-2H3,(H,22,24,27). The topological polar surface area (TPSA) is 98.7 Å². The monoisotopic (exact) mass is 393 g/mol. The quantitative estimate of drug-likeness (QED) is 0.817. The van der Waals surface area contributed by atoms with Gasteiger partial charge in [-0.2, -0.15) is 0 Å². The first-order valence-corrected chi connectivity index (χ1v) is 9.58. The van der Waals surface area contributed by atoms with Gasteiger partial charge in [-0.05, 0) is 31.9 Å². The Kier molecular flexibility index (Phi) is 5.02. The summed E-state index contributed by atoms with van der Waals surface area (Å²) in [6.45, 7) is 2.68. The minimum Gasteiger partial charge on any atom is -0.368 e. The van der Waals surface area contributed by atoms with Crippen LogP contribution in [-0.2, 0) is 9.59 Å². The highest BCUT2D eigenvalue weighted by atomic mass is 16.3. The van der Waals surface area contributed by atoms with Crippen molar-refractivity contribution in [1.29, 1.82) is 0 Å². The van der Waals surface area contributed by atoms with Crippen LogP contribution in [-0.4, -0.2) is 63.3 Å². The van der Waals surface area contributed by atoms with Crippen LogP contribution in [0.1, 0.15) is 18.4 Å². The number of likely N-dealkylation sites (N-methyl/N-ethyl adjacent to an activating group) is 1. The molecule has 1 atom stereocenters. The van der Waals surface area contributed by atoms with Crippen molar-refractivity contribution >= 4 is 17.6 Å². The SMILES string of the molecule is Cc1ccc(-c2ccc(NC(=O)CN3CCCC4=C3C(O)N(C)C4=O)nn2)cc1. The molecule has 2 aliphatic heterocycles. The minimum absolute atomic E-state index is 0.0401. The number of nitrogens with one attached hydrogen (secondary N) is 1. The summed E-state index contributed by atoms with van der Waals surface area (Å²) in [5.74, 6) is -0.0854. The average Bonchev–Trinajstić information content (AvgIpc) is 2.94. The van der Waals surface area contributed by atoms with Crippen molar-refractivity contribution in [2.45, 2.75) is 26.0 Å². The smallest absolute Gasteiger partial charge is 0.253 e. The number of hydrogen-bond donors (Lipinski definition) is 2. The Labute approximate surface area is 168 Å². The third-order valence-electron chi connectivity index (χ3n) is 5.31. The van der Waals surface area contributed by atoms with Crippen molar-refractivity contribution in [1.82, 2.24) is 20.0 Å². The molecule has 3 heterocycles. The van der Waals surface area contributed by atoms with Gasteiger partial charge in [-0.1, -0.05) is 29.8 Å². The molecule has 2 aromatic rings. The Bertz CT molecular complexity index is 969. The Hall–Kier alpha value is -3.26. The molecule has 4 rings (SSSR count).